The second-order valence-electron chi connectivity index (χ2n) is 5.98. The van der Waals surface area contributed by atoms with Crippen molar-refractivity contribution in [2.45, 2.75) is 10.9 Å². The summed E-state index contributed by atoms with van der Waals surface area (Å²) in [7, 11) is 1.65. The molecule has 5 nitrogen and oxygen atoms in total. The number of hydrogen-bond acceptors (Lipinski definition) is 5. The smallest absolute Gasteiger partial charge is 0.196 e. The molecule has 0 saturated carbocycles. The summed E-state index contributed by atoms with van der Waals surface area (Å²) in [5.41, 5.74) is 3.02. The van der Waals surface area contributed by atoms with Crippen LogP contribution >= 0.6 is 23.4 Å². The minimum atomic E-state index is 0.486. The van der Waals surface area contributed by atoms with E-state index >= 15 is 0 Å². The number of para-hydroxylation sites is 1. The second-order valence-corrected chi connectivity index (χ2v) is 7.31. The molecule has 0 unspecified atom stereocenters. The molecule has 4 rings (SSSR count). The Morgan fingerprint density at radius 1 is 1.00 bits per heavy atom. The maximum atomic E-state index is 6.00. The van der Waals surface area contributed by atoms with Gasteiger partial charge in [-0.1, -0.05) is 53.7 Å². The third kappa shape index (κ3) is 4.03. The SMILES string of the molecule is COc1cccc(-c2nnc(SCc3ccnc(Cl)c3)n2-c2ccccc2)c1. The van der Waals surface area contributed by atoms with Gasteiger partial charge < -0.3 is 4.74 Å². The molecule has 0 saturated heterocycles. The van der Waals surface area contributed by atoms with E-state index in [4.69, 9.17) is 16.3 Å². The predicted octanol–water partition coefficient (Wildman–Crippen LogP) is 5.28. The van der Waals surface area contributed by atoms with Crippen molar-refractivity contribution in [2.24, 2.45) is 0 Å². The molecule has 0 fully saturated rings. The van der Waals surface area contributed by atoms with Crippen molar-refractivity contribution in [3.8, 4) is 22.8 Å². The van der Waals surface area contributed by atoms with Gasteiger partial charge in [-0.15, -0.1) is 10.2 Å². The van der Waals surface area contributed by atoms with Gasteiger partial charge in [0.25, 0.3) is 0 Å². The highest BCUT2D eigenvalue weighted by molar-refractivity contribution is 7.98. The number of methoxy groups -OCH3 is 1. The molecule has 0 amide bonds. The molecule has 28 heavy (non-hydrogen) atoms. The predicted molar refractivity (Wildman–Crippen MR) is 112 cm³/mol. The van der Waals surface area contributed by atoms with Crippen LogP contribution in [0.3, 0.4) is 0 Å². The van der Waals surface area contributed by atoms with Crippen molar-refractivity contribution in [1.29, 1.82) is 0 Å². The summed E-state index contributed by atoms with van der Waals surface area (Å²) in [6.07, 6.45) is 1.71. The summed E-state index contributed by atoms with van der Waals surface area (Å²) in [5, 5.41) is 10.2. The standard InChI is InChI=1S/C21H17ClN4OS/c1-27-18-9-5-6-16(13-18)20-24-25-21(26(20)17-7-3-2-4-8-17)28-14-15-10-11-23-19(22)12-15/h2-13H,14H2,1H3. The van der Waals surface area contributed by atoms with E-state index in [1.54, 1.807) is 25.1 Å². The topological polar surface area (TPSA) is 52.8 Å². The van der Waals surface area contributed by atoms with E-state index in [-0.39, 0.29) is 0 Å². The molecule has 7 heteroatoms. The van der Waals surface area contributed by atoms with Gasteiger partial charge in [0.2, 0.25) is 0 Å². The Morgan fingerprint density at radius 2 is 1.86 bits per heavy atom. The zero-order valence-electron chi connectivity index (χ0n) is 15.1. The number of thioether (sulfide) groups is 1. The first-order valence-corrected chi connectivity index (χ1v) is 9.99. The van der Waals surface area contributed by atoms with Gasteiger partial charge in [0, 0.05) is 23.2 Å². The molecule has 140 valence electrons. The van der Waals surface area contributed by atoms with Crippen LogP contribution in [0.5, 0.6) is 5.75 Å². The summed E-state index contributed by atoms with van der Waals surface area (Å²) in [6.45, 7) is 0. The van der Waals surface area contributed by atoms with Crippen LogP contribution in [-0.2, 0) is 5.75 Å². The number of halogens is 1. The summed E-state index contributed by atoms with van der Waals surface area (Å²) in [4.78, 5) is 4.03. The Morgan fingerprint density at radius 3 is 2.64 bits per heavy atom. The summed E-state index contributed by atoms with van der Waals surface area (Å²) in [6, 6.07) is 21.7. The van der Waals surface area contributed by atoms with E-state index in [1.807, 2.05) is 66.7 Å². The second kappa shape index (κ2) is 8.46. The molecular weight excluding hydrogens is 392 g/mol. The summed E-state index contributed by atoms with van der Waals surface area (Å²) < 4.78 is 7.42. The number of pyridine rings is 1. The van der Waals surface area contributed by atoms with Gasteiger partial charge in [0.05, 0.1) is 7.11 Å². The minimum absolute atomic E-state index is 0.486. The van der Waals surface area contributed by atoms with Gasteiger partial charge in [-0.3, -0.25) is 4.57 Å². The number of ether oxygens (including phenoxy) is 1. The molecule has 2 heterocycles. The Hall–Kier alpha value is -2.83. The van der Waals surface area contributed by atoms with Crippen molar-refractivity contribution in [1.82, 2.24) is 19.7 Å². The first-order valence-electron chi connectivity index (χ1n) is 8.63. The average Bonchev–Trinajstić information content (AvgIpc) is 3.17. The lowest BCUT2D eigenvalue weighted by molar-refractivity contribution is 0.415. The van der Waals surface area contributed by atoms with Crippen molar-refractivity contribution >= 4 is 23.4 Å². The molecule has 0 bridgehead atoms. The number of aromatic nitrogens is 4. The van der Waals surface area contributed by atoms with Crippen LogP contribution in [0.15, 0.2) is 78.1 Å². The van der Waals surface area contributed by atoms with Crippen LogP contribution in [0.1, 0.15) is 5.56 Å². The normalized spacial score (nSPS) is 10.8. The maximum absolute atomic E-state index is 6.00. The van der Waals surface area contributed by atoms with Gasteiger partial charge >= 0.3 is 0 Å². The Kier molecular flexibility index (Phi) is 5.60. The van der Waals surface area contributed by atoms with Crippen LogP contribution in [0.2, 0.25) is 5.15 Å². The third-order valence-corrected chi connectivity index (χ3v) is 5.34. The lowest BCUT2D eigenvalue weighted by Gasteiger charge is -2.11. The quantitative estimate of drug-likeness (QED) is 0.321. The molecule has 0 aliphatic rings. The fourth-order valence-corrected chi connectivity index (χ4v) is 3.89. The molecule has 0 aliphatic heterocycles. The van der Waals surface area contributed by atoms with Gasteiger partial charge in [-0.05, 0) is 42.0 Å². The molecule has 0 atom stereocenters. The van der Waals surface area contributed by atoms with E-state index in [0.29, 0.717) is 10.9 Å². The van der Waals surface area contributed by atoms with E-state index in [9.17, 15) is 0 Å². The van der Waals surface area contributed by atoms with Crippen molar-refractivity contribution in [2.75, 3.05) is 7.11 Å². The van der Waals surface area contributed by atoms with Gasteiger partial charge in [0.1, 0.15) is 10.9 Å². The Bertz CT molecular complexity index is 1080. The first-order chi connectivity index (χ1) is 13.7. The number of hydrogen-bond donors (Lipinski definition) is 0. The third-order valence-electron chi connectivity index (χ3n) is 4.13. The first kappa shape index (κ1) is 18.5. The van der Waals surface area contributed by atoms with Gasteiger partial charge in [-0.25, -0.2) is 4.98 Å². The monoisotopic (exact) mass is 408 g/mol. The maximum Gasteiger partial charge on any atom is 0.196 e. The van der Waals surface area contributed by atoms with Crippen molar-refractivity contribution in [3.63, 3.8) is 0 Å². The van der Waals surface area contributed by atoms with Crippen LogP contribution in [0, 0.1) is 0 Å². The molecule has 0 spiro atoms. The highest BCUT2D eigenvalue weighted by Crippen LogP contribution is 2.31. The number of rotatable bonds is 6. The van der Waals surface area contributed by atoms with Gasteiger partial charge in [-0.2, -0.15) is 0 Å². The fourth-order valence-electron chi connectivity index (χ4n) is 2.80. The van der Waals surface area contributed by atoms with Crippen LogP contribution < -0.4 is 4.74 Å². The summed E-state index contributed by atoms with van der Waals surface area (Å²) in [5.74, 6) is 2.26. The van der Waals surface area contributed by atoms with Gasteiger partial charge in [0.15, 0.2) is 11.0 Å². The fraction of sp³-hybridized carbons (Fsp3) is 0.0952. The zero-order chi connectivity index (χ0) is 19.3. The number of nitrogens with zero attached hydrogens (tertiary/aromatic N) is 4. The van der Waals surface area contributed by atoms with Crippen LogP contribution in [0.4, 0.5) is 0 Å². The van der Waals surface area contributed by atoms with E-state index in [0.717, 1.165) is 33.5 Å². The number of benzene rings is 2. The Labute approximate surface area is 172 Å². The highest BCUT2D eigenvalue weighted by atomic mass is 35.5. The van der Waals surface area contributed by atoms with E-state index in [2.05, 4.69) is 19.7 Å². The molecule has 0 aliphatic carbocycles. The van der Waals surface area contributed by atoms with Crippen molar-refractivity contribution < 1.29 is 4.74 Å². The van der Waals surface area contributed by atoms with Crippen LogP contribution in [-0.4, -0.2) is 26.9 Å². The Balaban J connectivity index is 1.73. The molecule has 0 N–H and O–H groups in total. The lowest BCUT2D eigenvalue weighted by Crippen LogP contribution is -2.00. The largest absolute Gasteiger partial charge is 0.497 e. The van der Waals surface area contributed by atoms with Crippen molar-refractivity contribution in [3.05, 3.63) is 83.6 Å². The highest BCUT2D eigenvalue weighted by Gasteiger charge is 2.16. The molecule has 2 aromatic heterocycles. The average molecular weight is 409 g/mol. The van der Waals surface area contributed by atoms with E-state index < -0.39 is 0 Å². The minimum Gasteiger partial charge on any atom is -0.497 e. The van der Waals surface area contributed by atoms with E-state index in [1.165, 1.54) is 0 Å². The zero-order valence-corrected chi connectivity index (χ0v) is 16.7. The summed E-state index contributed by atoms with van der Waals surface area (Å²) >= 11 is 7.60. The molecule has 2 aromatic carbocycles. The molecular formula is C21H17ClN4OS. The van der Waals surface area contributed by atoms with Crippen LogP contribution in [0.25, 0.3) is 17.1 Å². The molecule has 4 aromatic rings. The molecule has 0 radical (unpaired) electrons. The lowest BCUT2D eigenvalue weighted by atomic mass is 10.2.